The Hall–Kier alpha value is -2.26. The highest BCUT2D eigenvalue weighted by molar-refractivity contribution is 7.86. The molecular formula is C18H25NO7S. The summed E-state index contributed by atoms with van der Waals surface area (Å²) in [7, 11) is -3.11. The van der Waals surface area contributed by atoms with Crippen LogP contribution in [0.1, 0.15) is 34.1 Å². The topological polar surface area (TPSA) is 116 Å². The summed E-state index contributed by atoms with van der Waals surface area (Å²) in [5, 5.41) is 2.68. The molecule has 0 bridgehead atoms. The van der Waals surface area contributed by atoms with Gasteiger partial charge in [0.15, 0.2) is 0 Å². The minimum Gasteiger partial charge on any atom is -0.468 e. The normalized spacial score (nSPS) is 14.7. The maximum atomic E-state index is 12.3. The lowest BCUT2D eigenvalue weighted by atomic mass is 9.88. The highest BCUT2D eigenvalue weighted by atomic mass is 32.2. The smallest absolute Gasteiger partial charge is 0.321 e. The Morgan fingerprint density at radius 2 is 1.74 bits per heavy atom. The molecule has 27 heavy (non-hydrogen) atoms. The van der Waals surface area contributed by atoms with Crippen LogP contribution in [-0.4, -0.2) is 39.8 Å². The maximum absolute atomic E-state index is 12.3. The van der Waals surface area contributed by atoms with Crippen molar-refractivity contribution in [1.29, 1.82) is 0 Å². The molecule has 8 nitrogen and oxygen atoms in total. The van der Waals surface area contributed by atoms with Crippen LogP contribution in [0.2, 0.25) is 0 Å². The molecule has 2 atom stereocenters. The van der Waals surface area contributed by atoms with E-state index in [0.717, 1.165) is 14.0 Å². The van der Waals surface area contributed by atoms with Gasteiger partial charge < -0.3 is 10.1 Å². The largest absolute Gasteiger partial charge is 0.468 e. The molecule has 1 rings (SSSR count). The SMILES string of the molecule is CCC(C)C(=O)Nc1ccc(S(=O)(=O)OCC(C)(C(C)=O)C(=O)OC)cc1. The molecule has 0 spiro atoms. The average Bonchev–Trinajstić information content (AvgIpc) is 2.64. The van der Waals surface area contributed by atoms with Crippen molar-refractivity contribution in [1.82, 2.24) is 0 Å². The zero-order chi connectivity index (χ0) is 20.8. The monoisotopic (exact) mass is 399 g/mol. The summed E-state index contributed by atoms with van der Waals surface area (Å²) in [5.74, 6) is -1.79. The fraction of sp³-hybridized carbons (Fsp3) is 0.500. The van der Waals surface area contributed by atoms with Crippen molar-refractivity contribution in [3.8, 4) is 0 Å². The number of Topliss-reactive ketones (excluding diaryl/α,β-unsaturated/α-hetero) is 1. The predicted molar refractivity (Wildman–Crippen MR) is 98.5 cm³/mol. The van der Waals surface area contributed by atoms with Crippen molar-refractivity contribution in [3.63, 3.8) is 0 Å². The van der Waals surface area contributed by atoms with E-state index >= 15 is 0 Å². The first-order chi connectivity index (χ1) is 12.5. The summed E-state index contributed by atoms with van der Waals surface area (Å²) < 4.78 is 34.1. The van der Waals surface area contributed by atoms with E-state index in [1.807, 2.05) is 6.92 Å². The fourth-order valence-electron chi connectivity index (χ4n) is 1.95. The Labute approximate surface area is 159 Å². The maximum Gasteiger partial charge on any atom is 0.321 e. The Morgan fingerprint density at radius 3 is 2.19 bits per heavy atom. The van der Waals surface area contributed by atoms with Crippen molar-refractivity contribution < 1.29 is 31.7 Å². The highest BCUT2D eigenvalue weighted by Crippen LogP contribution is 2.24. The summed E-state index contributed by atoms with van der Waals surface area (Å²) in [6.45, 7) is 5.41. The standard InChI is InChI=1S/C18H25NO7S/c1-6-12(2)16(21)19-14-7-9-15(10-8-14)27(23,24)26-11-18(4,13(3)20)17(22)25-5/h7-10,12H,6,11H2,1-5H3,(H,19,21). The minimum absolute atomic E-state index is 0.167. The van der Waals surface area contributed by atoms with Crippen LogP contribution in [0, 0.1) is 11.3 Å². The second kappa shape index (κ2) is 9.09. The molecule has 0 aromatic heterocycles. The van der Waals surface area contributed by atoms with E-state index in [2.05, 4.69) is 10.1 Å². The number of carbonyl (C=O) groups is 3. The molecule has 150 valence electrons. The Kier molecular flexibility index (Phi) is 7.67. The van der Waals surface area contributed by atoms with Crippen molar-refractivity contribution in [2.24, 2.45) is 11.3 Å². The molecular weight excluding hydrogens is 374 g/mol. The van der Waals surface area contributed by atoms with Gasteiger partial charge in [-0.25, -0.2) is 0 Å². The number of amides is 1. The van der Waals surface area contributed by atoms with E-state index in [1.54, 1.807) is 6.92 Å². The van der Waals surface area contributed by atoms with Gasteiger partial charge in [0.1, 0.15) is 11.2 Å². The summed E-state index contributed by atoms with van der Waals surface area (Å²) in [4.78, 5) is 35.2. The fourth-order valence-corrected chi connectivity index (χ4v) is 2.95. The molecule has 0 saturated heterocycles. The molecule has 9 heteroatoms. The third-order valence-electron chi connectivity index (χ3n) is 4.39. The van der Waals surface area contributed by atoms with Crippen LogP contribution in [0.15, 0.2) is 29.2 Å². The van der Waals surface area contributed by atoms with Crippen molar-refractivity contribution in [3.05, 3.63) is 24.3 Å². The second-order valence-corrected chi connectivity index (χ2v) is 8.03. The number of carbonyl (C=O) groups excluding carboxylic acids is 3. The van der Waals surface area contributed by atoms with Gasteiger partial charge in [-0.2, -0.15) is 8.42 Å². The zero-order valence-corrected chi connectivity index (χ0v) is 16.9. The quantitative estimate of drug-likeness (QED) is 0.384. The second-order valence-electron chi connectivity index (χ2n) is 6.42. The summed E-state index contributed by atoms with van der Waals surface area (Å²) in [5.41, 5.74) is -1.28. The lowest BCUT2D eigenvalue weighted by molar-refractivity contribution is -0.158. The van der Waals surface area contributed by atoms with Gasteiger partial charge in [0, 0.05) is 11.6 Å². The van der Waals surface area contributed by atoms with Crippen LogP contribution in [0.5, 0.6) is 0 Å². The minimum atomic E-state index is -4.21. The summed E-state index contributed by atoms with van der Waals surface area (Å²) in [6.07, 6.45) is 0.682. The molecule has 0 saturated carbocycles. The van der Waals surface area contributed by atoms with Crippen LogP contribution in [0.3, 0.4) is 0 Å². The van der Waals surface area contributed by atoms with E-state index in [4.69, 9.17) is 4.18 Å². The van der Waals surface area contributed by atoms with Gasteiger partial charge in [-0.05, 0) is 44.5 Å². The first-order valence-electron chi connectivity index (χ1n) is 8.37. The molecule has 1 aromatic carbocycles. The molecule has 0 aliphatic heterocycles. The lowest BCUT2D eigenvalue weighted by Gasteiger charge is -2.22. The summed E-state index contributed by atoms with van der Waals surface area (Å²) >= 11 is 0. The van der Waals surface area contributed by atoms with Crippen LogP contribution in [-0.2, 0) is 33.4 Å². The van der Waals surface area contributed by atoms with Gasteiger partial charge in [-0.15, -0.1) is 0 Å². The molecule has 1 aromatic rings. The molecule has 1 amide bonds. The third kappa shape index (κ3) is 5.61. The number of rotatable bonds is 9. The zero-order valence-electron chi connectivity index (χ0n) is 16.1. The number of ether oxygens (including phenoxy) is 1. The predicted octanol–water partition coefficient (Wildman–Crippen LogP) is 2.14. The Morgan fingerprint density at radius 1 is 1.19 bits per heavy atom. The van der Waals surface area contributed by atoms with Crippen molar-refractivity contribution >= 4 is 33.5 Å². The van der Waals surface area contributed by atoms with Gasteiger partial charge in [0.05, 0.1) is 18.6 Å². The average molecular weight is 399 g/mol. The molecule has 0 aliphatic rings. The van der Waals surface area contributed by atoms with Gasteiger partial charge in [0.25, 0.3) is 10.1 Å². The lowest BCUT2D eigenvalue weighted by Crippen LogP contribution is -2.41. The van der Waals surface area contributed by atoms with Gasteiger partial charge in [-0.1, -0.05) is 13.8 Å². The van der Waals surface area contributed by atoms with E-state index in [-0.39, 0.29) is 16.7 Å². The Balaban J connectivity index is 2.91. The number of esters is 1. The van der Waals surface area contributed by atoms with E-state index in [1.165, 1.54) is 31.2 Å². The van der Waals surface area contributed by atoms with Crippen LogP contribution in [0.25, 0.3) is 0 Å². The number of nitrogens with one attached hydrogen (secondary N) is 1. The first-order valence-corrected chi connectivity index (χ1v) is 9.78. The van der Waals surface area contributed by atoms with Crippen molar-refractivity contribution in [2.75, 3.05) is 19.0 Å². The van der Waals surface area contributed by atoms with Crippen LogP contribution >= 0.6 is 0 Å². The molecule has 0 aliphatic carbocycles. The molecule has 0 fully saturated rings. The number of methoxy groups -OCH3 is 1. The number of hydrogen-bond acceptors (Lipinski definition) is 7. The molecule has 0 radical (unpaired) electrons. The van der Waals surface area contributed by atoms with Crippen LogP contribution in [0.4, 0.5) is 5.69 Å². The van der Waals surface area contributed by atoms with E-state index in [0.29, 0.717) is 12.1 Å². The van der Waals surface area contributed by atoms with Gasteiger partial charge in [-0.3, -0.25) is 18.6 Å². The number of anilines is 1. The number of hydrogen-bond donors (Lipinski definition) is 1. The van der Waals surface area contributed by atoms with Gasteiger partial charge >= 0.3 is 5.97 Å². The molecule has 0 heterocycles. The number of benzene rings is 1. The number of ketones is 1. The molecule has 1 N–H and O–H groups in total. The summed E-state index contributed by atoms with van der Waals surface area (Å²) in [6, 6.07) is 5.40. The van der Waals surface area contributed by atoms with Crippen molar-refractivity contribution in [2.45, 2.75) is 39.0 Å². The molecule has 2 unspecified atom stereocenters. The highest BCUT2D eigenvalue weighted by Gasteiger charge is 2.41. The van der Waals surface area contributed by atoms with E-state index < -0.39 is 33.9 Å². The first kappa shape index (κ1) is 22.8. The third-order valence-corrected chi connectivity index (χ3v) is 5.66. The Bertz CT molecular complexity index is 802. The van der Waals surface area contributed by atoms with E-state index in [9.17, 15) is 22.8 Å². The van der Waals surface area contributed by atoms with Crippen LogP contribution < -0.4 is 5.32 Å². The van der Waals surface area contributed by atoms with Gasteiger partial charge in [0.2, 0.25) is 5.91 Å².